The Balaban J connectivity index is 2.36. The molecule has 0 N–H and O–H groups in total. The van der Waals surface area contributed by atoms with Gasteiger partial charge in [-0.15, -0.1) is 0 Å². The summed E-state index contributed by atoms with van der Waals surface area (Å²) < 4.78 is 47.9. The molecular formula is C12H12F3N3O3. The topological polar surface area (TPSA) is 70.2 Å². The highest BCUT2D eigenvalue weighted by Gasteiger charge is 2.30. The highest BCUT2D eigenvalue weighted by molar-refractivity contribution is 5.93. The van der Waals surface area contributed by atoms with Crippen molar-refractivity contribution in [3.05, 3.63) is 24.0 Å². The lowest BCUT2D eigenvalue weighted by Gasteiger charge is -2.08. The molecule has 114 valence electrons. The third-order valence-electron chi connectivity index (χ3n) is 2.71. The summed E-state index contributed by atoms with van der Waals surface area (Å²) in [6.45, 7) is 2.01. The molecule has 21 heavy (non-hydrogen) atoms. The average Bonchev–Trinajstić information content (AvgIpc) is 2.96. The molecule has 0 bridgehead atoms. The number of oxazole rings is 1. The molecule has 0 aliphatic heterocycles. The molecule has 2 aromatic rings. The maximum atomic E-state index is 12.4. The van der Waals surface area contributed by atoms with Crippen LogP contribution in [-0.2, 0) is 11.3 Å². The Hall–Kier alpha value is -2.32. The standard InChI is InChI=1S/C12H12F3N3O3/c1-3-20-11(19)9-10(21-6-16-9)8-4-17-18(7(8)2)5-12(13,14)15/h4,6H,3,5H2,1-2H3. The van der Waals surface area contributed by atoms with E-state index in [4.69, 9.17) is 9.15 Å². The van der Waals surface area contributed by atoms with Gasteiger partial charge in [-0.2, -0.15) is 18.3 Å². The van der Waals surface area contributed by atoms with Crippen LogP contribution < -0.4 is 0 Å². The van der Waals surface area contributed by atoms with Gasteiger partial charge in [-0.05, 0) is 13.8 Å². The molecule has 0 fully saturated rings. The van der Waals surface area contributed by atoms with Gasteiger partial charge in [0.1, 0.15) is 6.54 Å². The molecule has 0 saturated carbocycles. The fourth-order valence-corrected chi connectivity index (χ4v) is 1.78. The van der Waals surface area contributed by atoms with E-state index in [1.165, 1.54) is 13.1 Å². The largest absolute Gasteiger partial charge is 0.461 e. The molecular weight excluding hydrogens is 291 g/mol. The van der Waals surface area contributed by atoms with Crippen LogP contribution in [0, 0.1) is 6.92 Å². The van der Waals surface area contributed by atoms with Crippen molar-refractivity contribution in [2.75, 3.05) is 6.61 Å². The number of aromatic nitrogens is 3. The lowest BCUT2D eigenvalue weighted by Crippen LogP contribution is -2.19. The molecule has 9 heteroatoms. The van der Waals surface area contributed by atoms with Crippen LogP contribution in [0.3, 0.4) is 0 Å². The van der Waals surface area contributed by atoms with Gasteiger partial charge in [0.25, 0.3) is 0 Å². The van der Waals surface area contributed by atoms with E-state index in [0.717, 1.165) is 11.1 Å². The first-order valence-electron chi connectivity index (χ1n) is 6.03. The van der Waals surface area contributed by atoms with E-state index in [2.05, 4.69) is 10.1 Å². The zero-order chi connectivity index (χ0) is 15.6. The first-order chi connectivity index (χ1) is 9.83. The fraction of sp³-hybridized carbons (Fsp3) is 0.417. The van der Waals surface area contributed by atoms with E-state index < -0.39 is 18.7 Å². The van der Waals surface area contributed by atoms with Crippen LogP contribution in [0.1, 0.15) is 23.1 Å². The summed E-state index contributed by atoms with van der Waals surface area (Å²) in [5, 5.41) is 3.66. The Morgan fingerprint density at radius 3 is 2.81 bits per heavy atom. The number of ether oxygens (including phenoxy) is 1. The molecule has 6 nitrogen and oxygen atoms in total. The van der Waals surface area contributed by atoms with E-state index in [9.17, 15) is 18.0 Å². The van der Waals surface area contributed by atoms with Crippen LogP contribution >= 0.6 is 0 Å². The quantitative estimate of drug-likeness (QED) is 0.812. The molecule has 2 rings (SSSR count). The zero-order valence-electron chi connectivity index (χ0n) is 11.3. The summed E-state index contributed by atoms with van der Waals surface area (Å²) in [5.74, 6) is -0.663. The van der Waals surface area contributed by atoms with Crippen molar-refractivity contribution >= 4 is 5.97 Å². The van der Waals surface area contributed by atoms with Crippen LogP contribution in [0.5, 0.6) is 0 Å². The average molecular weight is 303 g/mol. The first kappa shape index (κ1) is 15.1. The monoisotopic (exact) mass is 303 g/mol. The molecule has 0 radical (unpaired) electrons. The summed E-state index contributed by atoms with van der Waals surface area (Å²) in [5.41, 5.74) is 0.390. The summed E-state index contributed by atoms with van der Waals surface area (Å²) in [7, 11) is 0. The number of hydrogen-bond acceptors (Lipinski definition) is 5. The molecule has 2 heterocycles. The number of nitrogens with zero attached hydrogens (tertiary/aromatic N) is 3. The van der Waals surface area contributed by atoms with E-state index in [1.54, 1.807) is 6.92 Å². The van der Waals surface area contributed by atoms with Crippen molar-refractivity contribution in [3.8, 4) is 11.3 Å². The molecule has 0 atom stereocenters. The van der Waals surface area contributed by atoms with Gasteiger partial charge >= 0.3 is 12.1 Å². The normalized spacial score (nSPS) is 11.7. The lowest BCUT2D eigenvalue weighted by atomic mass is 10.1. The summed E-state index contributed by atoms with van der Waals surface area (Å²) in [6.07, 6.45) is -2.16. The van der Waals surface area contributed by atoms with Crippen molar-refractivity contribution in [2.24, 2.45) is 0 Å². The van der Waals surface area contributed by atoms with E-state index >= 15 is 0 Å². The second-order valence-electron chi connectivity index (χ2n) is 4.17. The van der Waals surface area contributed by atoms with E-state index in [0.29, 0.717) is 0 Å². The van der Waals surface area contributed by atoms with Crippen molar-refractivity contribution in [1.29, 1.82) is 0 Å². The SMILES string of the molecule is CCOC(=O)c1ncoc1-c1cnn(CC(F)(F)F)c1C. The van der Waals surface area contributed by atoms with Crippen LogP contribution in [0.2, 0.25) is 0 Å². The third kappa shape index (κ3) is 3.23. The van der Waals surface area contributed by atoms with Crippen molar-refractivity contribution in [2.45, 2.75) is 26.6 Å². The Bertz CT molecular complexity index is 646. The molecule has 2 aromatic heterocycles. The highest BCUT2D eigenvalue weighted by Crippen LogP contribution is 2.28. The first-order valence-corrected chi connectivity index (χ1v) is 6.03. The second kappa shape index (κ2) is 5.58. The van der Waals surface area contributed by atoms with Gasteiger partial charge in [-0.1, -0.05) is 0 Å². The van der Waals surface area contributed by atoms with Crippen LogP contribution in [0.15, 0.2) is 17.0 Å². The zero-order valence-corrected chi connectivity index (χ0v) is 11.3. The fourth-order valence-electron chi connectivity index (χ4n) is 1.78. The van der Waals surface area contributed by atoms with Crippen molar-refractivity contribution in [3.63, 3.8) is 0 Å². The number of rotatable bonds is 4. The molecule has 0 saturated heterocycles. The van der Waals surface area contributed by atoms with Crippen LogP contribution in [-0.4, -0.2) is 33.5 Å². The number of hydrogen-bond donors (Lipinski definition) is 0. The minimum atomic E-state index is -4.39. The van der Waals surface area contributed by atoms with Gasteiger partial charge in [-0.3, -0.25) is 4.68 Å². The minimum absolute atomic E-state index is 0.0411. The molecule has 0 unspecified atom stereocenters. The number of alkyl halides is 3. The Labute approximate surface area is 117 Å². The van der Waals surface area contributed by atoms with Crippen LogP contribution in [0.25, 0.3) is 11.3 Å². The van der Waals surface area contributed by atoms with E-state index in [1.807, 2.05) is 0 Å². The minimum Gasteiger partial charge on any atom is -0.461 e. The van der Waals surface area contributed by atoms with Crippen molar-refractivity contribution in [1.82, 2.24) is 14.8 Å². The smallest absolute Gasteiger partial charge is 0.408 e. The predicted octanol–water partition coefficient (Wildman–Crippen LogP) is 2.59. The van der Waals surface area contributed by atoms with Crippen LogP contribution in [0.4, 0.5) is 13.2 Å². The second-order valence-corrected chi connectivity index (χ2v) is 4.17. The van der Waals surface area contributed by atoms with E-state index in [-0.39, 0.29) is 29.3 Å². The molecule has 0 aromatic carbocycles. The third-order valence-corrected chi connectivity index (χ3v) is 2.71. The summed E-state index contributed by atoms with van der Waals surface area (Å²) >= 11 is 0. The molecule has 0 amide bonds. The Kier molecular flexibility index (Phi) is 4.01. The van der Waals surface area contributed by atoms with Gasteiger partial charge in [0.15, 0.2) is 17.8 Å². The number of carbonyl (C=O) groups is 1. The van der Waals surface area contributed by atoms with Crippen molar-refractivity contribution < 1.29 is 27.1 Å². The maximum Gasteiger partial charge on any atom is 0.408 e. The number of halogens is 3. The lowest BCUT2D eigenvalue weighted by molar-refractivity contribution is -0.142. The molecule has 0 aliphatic rings. The molecule has 0 spiro atoms. The Morgan fingerprint density at radius 2 is 2.19 bits per heavy atom. The number of esters is 1. The summed E-state index contributed by atoms with van der Waals surface area (Å²) in [4.78, 5) is 15.4. The molecule has 0 aliphatic carbocycles. The number of carbonyl (C=O) groups excluding carboxylic acids is 1. The van der Waals surface area contributed by atoms with Gasteiger partial charge in [0.2, 0.25) is 0 Å². The summed E-state index contributed by atoms with van der Waals surface area (Å²) in [6, 6.07) is 0. The maximum absolute atomic E-state index is 12.4. The van der Waals surface area contributed by atoms with Gasteiger partial charge < -0.3 is 9.15 Å². The van der Waals surface area contributed by atoms with Gasteiger partial charge in [-0.25, -0.2) is 9.78 Å². The van der Waals surface area contributed by atoms with Gasteiger partial charge in [0.05, 0.1) is 18.4 Å². The predicted molar refractivity (Wildman–Crippen MR) is 64.5 cm³/mol. The Morgan fingerprint density at radius 1 is 1.48 bits per heavy atom. The van der Waals surface area contributed by atoms with Gasteiger partial charge in [0, 0.05) is 5.69 Å². The highest BCUT2D eigenvalue weighted by atomic mass is 19.4.